The summed E-state index contributed by atoms with van der Waals surface area (Å²) in [7, 11) is 0. The minimum absolute atomic E-state index is 0.116. The quantitative estimate of drug-likeness (QED) is 0.807. The third kappa shape index (κ3) is 5.11. The Hall–Kier alpha value is -1.26. The normalized spacial score (nSPS) is 13.4. The van der Waals surface area contributed by atoms with Crippen LogP contribution < -0.4 is 10.6 Å². The Bertz CT molecular complexity index is 689. The van der Waals surface area contributed by atoms with Crippen molar-refractivity contribution < 1.29 is 10.1 Å². The molecular formula is C17H18Cl3N2O+. The Kier molecular flexibility index (Phi) is 6.31. The van der Waals surface area contributed by atoms with Gasteiger partial charge in [0.05, 0.1) is 10.7 Å². The molecule has 23 heavy (non-hydrogen) atoms. The molecule has 0 radical (unpaired) electrons. The lowest BCUT2D eigenvalue weighted by Gasteiger charge is -2.17. The lowest BCUT2D eigenvalue weighted by molar-refractivity contribution is -0.709. The highest BCUT2D eigenvalue weighted by Crippen LogP contribution is 2.25. The minimum atomic E-state index is -0.271. The molecule has 2 rings (SSSR count). The van der Waals surface area contributed by atoms with E-state index >= 15 is 0 Å². The molecule has 0 saturated carbocycles. The van der Waals surface area contributed by atoms with Crippen LogP contribution in [0.2, 0.25) is 15.1 Å². The van der Waals surface area contributed by atoms with Gasteiger partial charge in [0.25, 0.3) is 5.91 Å². The number of carbonyl (C=O) groups excluding carboxylic acids is 1. The number of rotatable bonds is 5. The number of carbonyl (C=O) groups is 1. The van der Waals surface area contributed by atoms with Crippen molar-refractivity contribution in [2.75, 3.05) is 5.32 Å². The van der Waals surface area contributed by atoms with Gasteiger partial charge >= 0.3 is 0 Å². The van der Waals surface area contributed by atoms with Crippen molar-refractivity contribution in [3.63, 3.8) is 0 Å². The van der Waals surface area contributed by atoms with E-state index in [9.17, 15) is 4.79 Å². The summed E-state index contributed by atoms with van der Waals surface area (Å²) in [6.45, 7) is 3.90. The maximum absolute atomic E-state index is 12.3. The number of anilines is 1. The van der Waals surface area contributed by atoms with Crippen molar-refractivity contribution in [3.05, 3.63) is 63.1 Å². The highest BCUT2D eigenvalue weighted by molar-refractivity contribution is 6.36. The molecule has 3 N–H and O–H groups in total. The Morgan fingerprint density at radius 2 is 1.61 bits per heavy atom. The summed E-state index contributed by atoms with van der Waals surface area (Å²) in [5.41, 5.74) is 1.67. The molecule has 0 unspecified atom stereocenters. The van der Waals surface area contributed by atoms with Crippen LogP contribution in [-0.2, 0) is 4.79 Å². The SMILES string of the molecule is C[C@@H]([NH2+][C@H](C)c1ccc(Cl)cc1)C(=O)Nc1ccc(Cl)cc1Cl. The second-order valence-corrected chi connectivity index (χ2v) is 6.71. The van der Waals surface area contributed by atoms with Crippen molar-refractivity contribution in [1.82, 2.24) is 0 Å². The van der Waals surface area contributed by atoms with Gasteiger partial charge in [-0.25, -0.2) is 0 Å². The van der Waals surface area contributed by atoms with Crippen LogP contribution in [-0.4, -0.2) is 11.9 Å². The number of hydrogen-bond acceptors (Lipinski definition) is 1. The molecule has 0 bridgehead atoms. The number of benzene rings is 2. The van der Waals surface area contributed by atoms with E-state index in [1.165, 1.54) is 0 Å². The standard InChI is InChI=1S/C17H17Cl3N2O/c1-10(12-3-5-13(18)6-4-12)21-11(2)17(23)22-16-8-7-14(19)9-15(16)20/h3-11,21H,1-2H3,(H,22,23)/p+1/t10-,11-/m1/s1. The van der Waals surface area contributed by atoms with E-state index in [1.807, 2.05) is 43.4 Å². The molecule has 0 aliphatic heterocycles. The second-order valence-electron chi connectivity index (χ2n) is 5.43. The van der Waals surface area contributed by atoms with Crippen molar-refractivity contribution in [1.29, 1.82) is 0 Å². The van der Waals surface area contributed by atoms with Gasteiger partial charge < -0.3 is 10.6 Å². The topological polar surface area (TPSA) is 45.7 Å². The molecule has 2 atom stereocenters. The van der Waals surface area contributed by atoms with Crippen LogP contribution in [0.3, 0.4) is 0 Å². The van der Waals surface area contributed by atoms with Crippen LogP contribution in [0.25, 0.3) is 0 Å². The maximum Gasteiger partial charge on any atom is 0.282 e. The van der Waals surface area contributed by atoms with Crippen molar-refractivity contribution >= 4 is 46.4 Å². The number of amides is 1. The fourth-order valence-corrected chi connectivity index (χ4v) is 2.82. The summed E-state index contributed by atoms with van der Waals surface area (Å²) >= 11 is 17.8. The molecule has 0 spiro atoms. The molecule has 0 aliphatic rings. The van der Waals surface area contributed by atoms with Gasteiger partial charge in [0, 0.05) is 15.6 Å². The first-order valence-corrected chi connectivity index (χ1v) is 8.36. The van der Waals surface area contributed by atoms with Crippen LogP contribution in [0, 0.1) is 0 Å². The van der Waals surface area contributed by atoms with Gasteiger partial charge in [0.2, 0.25) is 0 Å². The highest BCUT2D eigenvalue weighted by Gasteiger charge is 2.21. The predicted octanol–water partition coefficient (Wildman–Crippen LogP) is 4.30. The fourth-order valence-electron chi connectivity index (χ4n) is 2.24. The average molecular weight is 373 g/mol. The van der Waals surface area contributed by atoms with Gasteiger partial charge in [-0.1, -0.05) is 46.9 Å². The van der Waals surface area contributed by atoms with Gasteiger partial charge in [-0.2, -0.15) is 0 Å². The summed E-state index contributed by atoms with van der Waals surface area (Å²) in [5, 5.41) is 6.46. The molecule has 2 aromatic rings. The van der Waals surface area contributed by atoms with E-state index in [0.29, 0.717) is 20.8 Å². The number of hydrogen-bond donors (Lipinski definition) is 2. The van der Waals surface area contributed by atoms with Gasteiger partial charge in [0.1, 0.15) is 6.04 Å². The molecule has 0 saturated heterocycles. The van der Waals surface area contributed by atoms with Crippen LogP contribution >= 0.6 is 34.8 Å². The summed E-state index contributed by atoms with van der Waals surface area (Å²) in [6.07, 6.45) is 0. The van der Waals surface area contributed by atoms with Gasteiger partial charge in [-0.15, -0.1) is 0 Å². The summed E-state index contributed by atoms with van der Waals surface area (Å²) in [5.74, 6) is -0.116. The zero-order valence-corrected chi connectivity index (χ0v) is 15.1. The molecule has 0 heterocycles. The molecule has 122 valence electrons. The van der Waals surface area contributed by atoms with Crippen LogP contribution in [0.5, 0.6) is 0 Å². The molecule has 1 amide bonds. The summed E-state index contributed by atoms with van der Waals surface area (Å²) in [4.78, 5) is 12.3. The Balaban J connectivity index is 1.98. The number of halogens is 3. The summed E-state index contributed by atoms with van der Waals surface area (Å²) in [6, 6.07) is 12.5. The smallest absolute Gasteiger partial charge is 0.282 e. The Morgan fingerprint density at radius 3 is 2.22 bits per heavy atom. The average Bonchev–Trinajstić information content (AvgIpc) is 2.50. The van der Waals surface area contributed by atoms with Gasteiger partial charge in [0.15, 0.2) is 6.04 Å². The van der Waals surface area contributed by atoms with E-state index in [-0.39, 0.29) is 18.0 Å². The van der Waals surface area contributed by atoms with Crippen LogP contribution in [0.1, 0.15) is 25.5 Å². The molecule has 0 aliphatic carbocycles. The molecular weight excluding hydrogens is 355 g/mol. The van der Waals surface area contributed by atoms with Crippen LogP contribution in [0.4, 0.5) is 5.69 Å². The molecule has 2 aromatic carbocycles. The highest BCUT2D eigenvalue weighted by atomic mass is 35.5. The Labute approximate surface area is 150 Å². The predicted molar refractivity (Wildman–Crippen MR) is 96.3 cm³/mol. The Morgan fingerprint density at radius 1 is 1.00 bits per heavy atom. The minimum Gasteiger partial charge on any atom is -0.330 e. The third-order valence-corrected chi connectivity index (χ3v) is 4.38. The summed E-state index contributed by atoms with van der Waals surface area (Å²) < 4.78 is 0. The van der Waals surface area contributed by atoms with Crippen LogP contribution in [0.15, 0.2) is 42.5 Å². The van der Waals surface area contributed by atoms with Gasteiger partial charge in [-0.3, -0.25) is 4.79 Å². The molecule has 0 fully saturated rings. The van der Waals surface area contributed by atoms with E-state index < -0.39 is 0 Å². The van der Waals surface area contributed by atoms with Gasteiger partial charge in [-0.05, 0) is 44.2 Å². The number of nitrogens with one attached hydrogen (secondary N) is 1. The van der Waals surface area contributed by atoms with E-state index in [2.05, 4.69) is 5.32 Å². The third-order valence-electron chi connectivity index (χ3n) is 3.58. The zero-order chi connectivity index (χ0) is 17.0. The molecule has 0 aromatic heterocycles. The van der Waals surface area contributed by atoms with E-state index in [0.717, 1.165) is 5.56 Å². The number of nitrogens with two attached hydrogens (primary N) is 1. The maximum atomic E-state index is 12.3. The van der Waals surface area contributed by atoms with Crippen molar-refractivity contribution in [3.8, 4) is 0 Å². The van der Waals surface area contributed by atoms with E-state index in [4.69, 9.17) is 34.8 Å². The van der Waals surface area contributed by atoms with E-state index in [1.54, 1.807) is 18.2 Å². The lowest BCUT2D eigenvalue weighted by atomic mass is 10.1. The largest absolute Gasteiger partial charge is 0.330 e. The second kappa shape index (κ2) is 8.02. The van der Waals surface area contributed by atoms with Crippen molar-refractivity contribution in [2.24, 2.45) is 0 Å². The number of quaternary nitrogens is 1. The first-order chi connectivity index (χ1) is 10.9. The lowest BCUT2D eigenvalue weighted by Crippen LogP contribution is -2.91. The molecule has 6 heteroatoms. The molecule has 3 nitrogen and oxygen atoms in total. The first-order valence-electron chi connectivity index (χ1n) is 7.23. The first kappa shape index (κ1) is 18.1. The zero-order valence-electron chi connectivity index (χ0n) is 12.8. The fraction of sp³-hybridized carbons (Fsp3) is 0.235. The monoisotopic (exact) mass is 371 g/mol. The van der Waals surface area contributed by atoms with Crippen molar-refractivity contribution in [2.45, 2.75) is 25.9 Å².